The number of likely N-dealkylation sites (tertiary alicyclic amines) is 1. The first-order valence-corrected chi connectivity index (χ1v) is 5.73. The lowest BCUT2D eigenvalue weighted by molar-refractivity contribution is -0.187. The Labute approximate surface area is 107 Å². The van der Waals surface area contributed by atoms with E-state index >= 15 is 0 Å². The average Bonchev–Trinajstić information content (AvgIpc) is 2.74. The highest BCUT2D eigenvalue weighted by molar-refractivity contribution is 5.82. The third-order valence-corrected chi connectivity index (χ3v) is 3.10. The van der Waals surface area contributed by atoms with Gasteiger partial charge in [0.15, 0.2) is 5.82 Å². The molecule has 6 nitrogen and oxygen atoms in total. The summed E-state index contributed by atoms with van der Waals surface area (Å²) in [5.74, 6) is -1.60. The molecule has 1 unspecified atom stereocenters. The topological polar surface area (TPSA) is 77.0 Å². The summed E-state index contributed by atoms with van der Waals surface area (Å²) in [6, 6.07) is 0. The van der Waals surface area contributed by atoms with Crippen molar-refractivity contribution in [1.29, 1.82) is 0 Å². The van der Waals surface area contributed by atoms with Crippen LogP contribution in [0.1, 0.15) is 18.7 Å². The largest absolute Gasteiger partial charge is 0.471 e. The molecule has 1 aliphatic rings. The zero-order valence-corrected chi connectivity index (χ0v) is 10.3. The van der Waals surface area contributed by atoms with Crippen LogP contribution in [0, 0.1) is 0 Å². The number of alkyl halides is 3. The summed E-state index contributed by atoms with van der Waals surface area (Å²) in [7, 11) is 1.64. The first kappa shape index (κ1) is 13.8. The third-order valence-electron chi connectivity index (χ3n) is 3.10. The number of carbonyl (C=O) groups excluding carboxylic acids is 1. The van der Waals surface area contributed by atoms with Crippen LogP contribution in [0.4, 0.5) is 13.2 Å². The van der Waals surface area contributed by atoms with E-state index in [1.165, 1.54) is 11.0 Å². The lowest BCUT2D eigenvalue weighted by Crippen LogP contribution is -2.56. The van der Waals surface area contributed by atoms with Crippen molar-refractivity contribution in [2.45, 2.75) is 24.6 Å². The van der Waals surface area contributed by atoms with E-state index in [4.69, 9.17) is 5.73 Å². The zero-order valence-electron chi connectivity index (χ0n) is 10.3. The molecule has 2 rings (SSSR count). The monoisotopic (exact) mass is 277 g/mol. The number of halogens is 3. The normalized spacial score (nSPS) is 24.6. The van der Waals surface area contributed by atoms with Gasteiger partial charge in [0, 0.05) is 20.1 Å². The molecule has 2 N–H and O–H groups in total. The van der Waals surface area contributed by atoms with E-state index in [1.807, 2.05) is 0 Å². The van der Waals surface area contributed by atoms with Gasteiger partial charge in [0.25, 0.3) is 0 Å². The maximum Gasteiger partial charge on any atom is 0.471 e. The van der Waals surface area contributed by atoms with Gasteiger partial charge in [0.2, 0.25) is 0 Å². The number of carbonyl (C=O) groups is 1. The summed E-state index contributed by atoms with van der Waals surface area (Å²) in [5, 5.41) is 4.02. The fourth-order valence-corrected chi connectivity index (χ4v) is 2.19. The van der Waals surface area contributed by atoms with E-state index in [9.17, 15) is 18.0 Å². The Kier molecular flexibility index (Phi) is 3.25. The minimum absolute atomic E-state index is 0.0458. The molecule has 0 bridgehead atoms. The molecule has 1 aromatic rings. The van der Waals surface area contributed by atoms with Crippen LogP contribution < -0.4 is 5.73 Å². The van der Waals surface area contributed by atoms with Crippen LogP contribution >= 0.6 is 0 Å². The molecule has 0 aliphatic carbocycles. The molecule has 1 saturated heterocycles. The molecule has 0 spiro atoms. The molecule has 19 heavy (non-hydrogen) atoms. The van der Waals surface area contributed by atoms with Crippen molar-refractivity contribution in [2.75, 3.05) is 13.1 Å². The summed E-state index contributed by atoms with van der Waals surface area (Å²) >= 11 is 0. The summed E-state index contributed by atoms with van der Waals surface area (Å²) in [4.78, 5) is 15.9. The first-order valence-electron chi connectivity index (χ1n) is 5.73. The molecule has 0 aromatic carbocycles. The van der Waals surface area contributed by atoms with Crippen LogP contribution in [0.5, 0.6) is 0 Å². The van der Waals surface area contributed by atoms with Gasteiger partial charge in [-0.25, -0.2) is 4.98 Å². The highest BCUT2D eigenvalue weighted by Gasteiger charge is 2.47. The lowest BCUT2D eigenvalue weighted by Gasteiger charge is -2.38. The van der Waals surface area contributed by atoms with E-state index in [0.29, 0.717) is 12.8 Å². The van der Waals surface area contributed by atoms with Crippen LogP contribution in [0.15, 0.2) is 6.33 Å². The number of nitrogens with zero attached hydrogens (tertiary/aromatic N) is 4. The van der Waals surface area contributed by atoms with Crippen LogP contribution in [0.3, 0.4) is 0 Å². The van der Waals surface area contributed by atoms with Gasteiger partial charge in [-0.2, -0.15) is 18.3 Å². The number of aromatic nitrogens is 3. The second-order valence-electron chi connectivity index (χ2n) is 4.73. The van der Waals surface area contributed by atoms with Gasteiger partial charge in [-0.3, -0.25) is 9.48 Å². The minimum Gasteiger partial charge on any atom is -0.333 e. The molecular weight excluding hydrogens is 263 g/mol. The molecule has 0 saturated carbocycles. The van der Waals surface area contributed by atoms with Gasteiger partial charge in [0.05, 0.1) is 5.54 Å². The maximum absolute atomic E-state index is 12.4. The molecule has 2 heterocycles. The highest BCUT2D eigenvalue weighted by atomic mass is 19.4. The van der Waals surface area contributed by atoms with Gasteiger partial charge < -0.3 is 10.6 Å². The third kappa shape index (κ3) is 2.70. The lowest BCUT2D eigenvalue weighted by atomic mass is 9.89. The molecule has 1 atom stereocenters. The SMILES string of the molecule is Cn1cnc(C2(N)CCCN(C(=O)C(F)(F)F)C2)n1. The Morgan fingerprint density at radius 3 is 2.74 bits per heavy atom. The molecule has 9 heteroatoms. The number of piperidine rings is 1. The Morgan fingerprint density at radius 1 is 1.53 bits per heavy atom. The van der Waals surface area contributed by atoms with Gasteiger partial charge >= 0.3 is 12.1 Å². The van der Waals surface area contributed by atoms with Gasteiger partial charge in [0.1, 0.15) is 6.33 Å². The summed E-state index contributed by atoms with van der Waals surface area (Å²) in [6.45, 7) is -0.181. The Bertz CT molecular complexity index is 486. The van der Waals surface area contributed by atoms with Crippen LogP contribution in [0.2, 0.25) is 0 Å². The van der Waals surface area contributed by atoms with Crippen molar-refractivity contribution in [3.05, 3.63) is 12.2 Å². The number of nitrogens with two attached hydrogens (primary N) is 1. The van der Waals surface area contributed by atoms with E-state index < -0.39 is 17.6 Å². The number of aryl methyl sites for hydroxylation is 1. The van der Waals surface area contributed by atoms with E-state index in [1.54, 1.807) is 7.05 Å². The quantitative estimate of drug-likeness (QED) is 0.793. The smallest absolute Gasteiger partial charge is 0.333 e. The molecular formula is C10H14F3N5O. The van der Waals surface area contributed by atoms with Crippen molar-refractivity contribution in [1.82, 2.24) is 19.7 Å². The summed E-state index contributed by atoms with van der Waals surface area (Å²) in [6.07, 6.45) is -2.63. The van der Waals surface area contributed by atoms with Crippen LogP contribution in [0.25, 0.3) is 0 Å². The van der Waals surface area contributed by atoms with Crippen LogP contribution in [-0.4, -0.2) is 44.8 Å². The van der Waals surface area contributed by atoms with E-state index in [2.05, 4.69) is 10.1 Å². The van der Waals surface area contributed by atoms with E-state index in [-0.39, 0.29) is 18.9 Å². The molecule has 1 aromatic heterocycles. The Morgan fingerprint density at radius 2 is 2.21 bits per heavy atom. The minimum atomic E-state index is -4.88. The van der Waals surface area contributed by atoms with Gasteiger partial charge in [-0.15, -0.1) is 0 Å². The predicted octanol–water partition coefficient (Wildman–Crippen LogP) is 0.154. The number of rotatable bonds is 1. The number of amides is 1. The summed E-state index contributed by atoms with van der Waals surface area (Å²) < 4.78 is 38.7. The second-order valence-corrected chi connectivity index (χ2v) is 4.73. The Balaban J connectivity index is 2.19. The van der Waals surface area contributed by atoms with Crippen molar-refractivity contribution < 1.29 is 18.0 Å². The molecule has 0 radical (unpaired) electrons. The van der Waals surface area contributed by atoms with Gasteiger partial charge in [-0.1, -0.05) is 0 Å². The fourth-order valence-electron chi connectivity index (χ4n) is 2.19. The number of hydrogen-bond acceptors (Lipinski definition) is 4. The zero-order chi connectivity index (χ0) is 14.3. The maximum atomic E-state index is 12.4. The van der Waals surface area contributed by atoms with Gasteiger partial charge in [-0.05, 0) is 12.8 Å². The first-order chi connectivity index (χ1) is 8.72. The number of hydrogen-bond donors (Lipinski definition) is 1. The van der Waals surface area contributed by atoms with Crippen molar-refractivity contribution in [2.24, 2.45) is 12.8 Å². The Hall–Kier alpha value is -1.64. The summed E-state index contributed by atoms with van der Waals surface area (Å²) in [5.41, 5.74) is 4.94. The molecule has 1 fully saturated rings. The van der Waals surface area contributed by atoms with Crippen molar-refractivity contribution >= 4 is 5.91 Å². The molecule has 106 valence electrons. The average molecular weight is 277 g/mol. The van der Waals surface area contributed by atoms with E-state index in [0.717, 1.165) is 4.90 Å². The predicted molar refractivity (Wildman–Crippen MR) is 58.7 cm³/mol. The standard InChI is InChI=1S/C10H14F3N5O/c1-17-6-15-7(16-17)9(14)3-2-4-18(5-9)8(19)10(11,12)13/h6H,2-5,14H2,1H3. The second kappa shape index (κ2) is 4.48. The molecule has 1 aliphatic heterocycles. The molecule has 1 amide bonds. The highest BCUT2D eigenvalue weighted by Crippen LogP contribution is 2.29. The van der Waals surface area contributed by atoms with Crippen molar-refractivity contribution in [3.63, 3.8) is 0 Å². The van der Waals surface area contributed by atoms with Crippen LogP contribution in [-0.2, 0) is 17.4 Å². The van der Waals surface area contributed by atoms with Crippen molar-refractivity contribution in [3.8, 4) is 0 Å². The fraction of sp³-hybridized carbons (Fsp3) is 0.700.